The van der Waals surface area contributed by atoms with E-state index in [0.29, 0.717) is 0 Å². The van der Waals surface area contributed by atoms with Crippen molar-refractivity contribution < 1.29 is 0 Å². The summed E-state index contributed by atoms with van der Waals surface area (Å²) >= 11 is 0. The predicted molar refractivity (Wildman–Crippen MR) is 266 cm³/mol. The van der Waals surface area contributed by atoms with Crippen LogP contribution in [-0.2, 0) is 17.3 Å². The number of rotatable bonds is 6. The maximum Gasteiger partial charge on any atom is 0.0679 e. The molecule has 0 N–H and O–H groups in total. The van der Waals surface area contributed by atoms with Gasteiger partial charge in [0.05, 0.1) is 5.41 Å². The van der Waals surface area contributed by atoms with Gasteiger partial charge in [0, 0.05) is 5.41 Å². The molecule has 1 atom stereocenters. The summed E-state index contributed by atoms with van der Waals surface area (Å²) in [6.07, 6.45) is 15.6. The van der Waals surface area contributed by atoms with Crippen LogP contribution in [0.1, 0.15) is 117 Å². The lowest BCUT2D eigenvalue weighted by molar-refractivity contribution is 0.621. The summed E-state index contributed by atoms with van der Waals surface area (Å²) in [5.74, 6) is 0. The average molecular weight is 795 g/mol. The van der Waals surface area contributed by atoms with Gasteiger partial charge in [-0.3, -0.25) is 0 Å². The molecule has 0 saturated heterocycles. The molecule has 0 bridgehead atoms. The van der Waals surface area contributed by atoms with Gasteiger partial charge >= 0.3 is 0 Å². The lowest BCUT2D eigenvalue weighted by atomic mass is 9.61. The largest absolute Gasteiger partial charge is 0.120 e. The number of fused-ring (bicyclic) bond motifs is 6. The molecule has 4 aliphatic rings. The zero-order valence-corrected chi connectivity index (χ0v) is 38.1. The standard InChI is InChI=1S/C41H38.C16H12.2C2H6/c1-27(2)24-25-30(26-29-15-7-6-14-28(29)3)41(36-21-11-9-16-31(36)32-18-12-22-37(32)41)38-23-13-19-34-33-17-8-10-20-35(33)40(4,5)39(34)38;1-12-5-7-14(8-6-12)16-10-9-13-3-2-4-15(13)11-16;2*1-2/h6-17,19-25H,18,26H2,1-5H3;3-11H,1H3;2*1-2H3/b30-25+;;;. The Morgan fingerprint density at radius 2 is 1.23 bits per heavy atom. The molecule has 6 aromatic rings. The lowest BCUT2D eigenvalue weighted by Gasteiger charge is -2.40. The van der Waals surface area contributed by atoms with Gasteiger partial charge in [0.25, 0.3) is 0 Å². The Bertz CT molecular complexity index is 2760. The van der Waals surface area contributed by atoms with Crippen LogP contribution < -0.4 is 0 Å². The molecule has 0 heterocycles. The van der Waals surface area contributed by atoms with Crippen molar-refractivity contribution in [3.63, 3.8) is 0 Å². The van der Waals surface area contributed by atoms with Gasteiger partial charge < -0.3 is 0 Å². The molecule has 61 heavy (non-hydrogen) atoms. The van der Waals surface area contributed by atoms with Gasteiger partial charge in [0.2, 0.25) is 0 Å². The maximum atomic E-state index is 3.13. The molecular weight excluding hydrogens is 733 g/mol. The predicted octanol–water partition coefficient (Wildman–Crippen LogP) is 16.8. The first-order valence-corrected chi connectivity index (χ1v) is 22.4. The summed E-state index contributed by atoms with van der Waals surface area (Å²) in [5.41, 5.74) is 27.4. The number of hydrogen-bond acceptors (Lipinski definition) is 0. The van der Waals surface area contributed by atoms with E-state index in [1.165, 1.54) is 100 Å². The first-order chi connectivity index (χ1) is 29.7. The minimum Gasteiger partial charge on any atom is -0.120 e. The van der Waals surface area contributed by atoms with Crippen LogP contribution in [-0.4, -0.2) is 0 Å². The summed E-state index contributed by atoms with van der Waals surface area (Å²) in [6.45, 7) is 21.6. The first-order valence-electron chi connectivity index (χ1n) is 22.4. The van der Waals surface area contributed by atoms with E-state index in [9.17, 15) is 0 Å². The molecule has 10 rings (SSSR count). The third-order valence-electron chi connectivity index (χ3n) is 12.7. The van der Waals surface area contributed by atoms with Crippen molar-refractivity contribution in [2.75, 3.05) is 0 Å². The monoisotopic (exact) mass is 794 g/mol. The minimum absolute atomic E-state index is 0.111. The third-order valence-corrected chi connectivity index (χ3v) is 12.7. The number of hydrogen-bond donors (Lipinski definition) is 0. The Morgan fingerprint density at radius 1 is 0.607 bits per heavy atom. The van der Waals surface area contributed by atoms with Crippen molar-refractivity contribution in [1.82, 2.24) is 0 Å². The quantitative estimate of drug-likeness (QED) is 0.116. The highest BCUT2D eigenvalue weighted by Crippen LogP contribution is 2.62. The van der Waals surface area contributed by atoms with Crippen LogP contribution in [0.25, 0.3) is 40.0 Å². The molecule has 306 valence electrons. The molecular formula is C61H62. The summed E-state index contributed by atoms with van der Waals surface area (Å²) in [5, 5.41) is 0. The van der Waals surface area contributed by atoms with Crippen LogP contribution >= 0.6 is 0 Å². The molecule has 0 nitrogen and oxygen atoms in total. The van der Waals surface area contributed by atoms with E-state index >= 15 is 0 Å². The fourth-order valence-corrected chi connectivity index (χ4v) is 9.87. The molecule has 0 amide bonds. The molecule has 0 spiro atoms. The normalized spacial score (nSPS) is 16.5. The minimum atomic E-state index is -0.377. The summed E-state index contributed by atoms with van der Waals surface area (Å²) in [4.78, 5) is 0. The molecule has 6 aromatic carbocycles. The third kappa shape index (κ3) is 7.71. The average Bonchev–Trinajstić information content (AvgIpc) is 4.08. The molecule has 0 saturated carbocycles. The van der Waals surface area contributed by atoms with Gasteiger partial charge in [-0.15, -0.1) is 5.73 Å². The van der Waals surface area contributed by atoms with Crippen molar-refractivity contribution >= 4 is 17.7 Å². The SMILES string of the molecule is CC.CC.CC(C)=C/C=C(\Cc1ccccc1C)C1(c2cccc3c2C(C)(C)c2ccccc2-3)C2=C(CC=C2)c2ccccc21.Cc1ccc(-c2ccc3c(c2)C=C=C3)cc1. The van der Waals surface area contributed by atoms with Crippen LogP contribution in [0.2, 0.25) is 0 Å². The van der Waals surface area contributed by atoms with Crippen molar-refractivity contribution in [2.24, 2.45) is 0 Å². The van der Waals surface area contributed by atoms with E-state index in [2.05, 4.69) is 205 Å². The van der Waals surface area contributed by atoms with Gasteiger partial charge in [0.15, 0.2) is 0 Å². The van der Waals surface area contributed by atoms with Crippen LogP contribution in [0.15, 0.2) is 180 Å². The van der Waals surface area contributed by atoms with Crippen molar-refractivity contribution in [1.29, 1.82) is 0 Å². The van der Waals surface area contributed by atoms with E-state index in [-0.39, 0.29) is 10.8 Å². The molecule has 1 unspecified atom stereocenters. The van der Waals surface area contributed by atoms with E-state index in [1.54, 1.807) is 0 Å². The van der Waals surface area contributed by atoms with E-state index < -0.39 is 0 Å². The Labute approximate surface area is 367 Å². The molecule has 0 aromatic heterocycles. The van der Waals surface area contributed by atoms with E-state index in [0.717, 1.165) is 12.8 Å². The van der Waals surface area contributed by atoms with Gasteiger partial charge in [-0.1, -0.05) is 204 Å². The summed E-state index contributed by atoms with van der Waals surface area (Å²) < 4.78 is 0. The highest BCUT2D eigenvalue weighted by atomic mass is 14.5. The summed E-state index contributed by atoms with van der Waals surface area (Å²) in [7, 11) is 0. The van der Waals surface area contributed by atoms with Gasteiger partial charge in [-0.2, -0.15) is 0 Å². The van der Waals surface area contributed by atoms with Crippen LogP contribution in [0, 0.1) is 13.8 Å². The lowest BCUT2D eigenvalue weighted by Crippen LogP contribution is -2.35. The van der Waals surface area contributed by atoms with Crippen LogP contribution in [0.4, 0.5) is 0 Å². The molecule has 0 aliphatic heterocycles. The van der Waals surface area contributed by atoms with Crippen molar-refractivity contribution in [3.8, 4) is 22.3 Å². The highest BCUT2D eigenvalue weighted by Gasteiger charge is 2.52. The van der Waals surface area contributed by atoms with Crippen molar-refractivity contribution in [3.05, 3.63) is 236 Å². The molecule has 0 radical (unpaired) electrons. The fourth-order valence-electron chi connectivity index (χ4n) is 9.87. The van der Waals surface area contributed by atoms with E-state index in [4.69, 9.17) is 0 Å². The Balaban J connectivity index is 0.000000233. The Kier molecular flexibility index (Phi) is 12.8. The first kappa shape index (κ1) is 42.9. The second-order valence-electron chi connectivity index (χ2n) is 16.9. The Hall–Kier alpha value is -6.20. The molecule has 4 aliphatic carbocycles. The van der Waals surface area contributed by atoms with Crippen molar-refractivity contribution in [2.45, 2.75) is 92.9 Å². The number of allylic oxidation sites excluding steroid dienone is 8. The second-order valence-corrected chi connectivity index (χ2v) is 16.9. The zero-order valence-electron chi connectivity index (χ0n) is 38.1. The smallest absolute Gasteiger partial charge is 0.0679 e. The van der Waals surface area contributed by atoms with Gasteiger partial charge in [0.1, 0.15) is 0 Å². The second kappa shape index (κ2) is 18.2. The van der Waals surface area contributed by atoms with Gasteiger partial charge in [-0.25, -0.2) is 0 Å². The van der Waals surface area contributed by atoms with Gasteiger partial charge in [-0.05, 0) is 148 Å². The molecule has 0 fully saturated rings. The van der Waals surface area contributed by atoms with E-state index in [1.807, 2.05) is 39.8 Å². The zero-order chi connectivity index (χ0) is 43.3. The Morgan fingerprint density at radius 3 is 1.97 bits per heavy atom. The number of benzene rings is 6. The summed E-state index contributed by atoms with van der Waals surface area (Å²) in [6, 6.07) is 49.5. The molecule has 0 heteroatoms. The number of aryl methyl sites for hydroxylation is 2. The fraction of sp³-hybridized carbons (Fsp3) is 0.230. The topological polar surface area (TPSA) is 0 Å². The van der Waals surface area contributed by atoms with Crippen LogP contribution in [0.5, 0.6) is 0 Å². The highest BCUT2D eigenvalue weighted by molar-refractivity contribution is 5.92. The maximum absolute atomic E-state index is 3.13. The van der Waals surface area contributed by atoms with Crippen LogP contribution in [0.3, 0.4) is 0 Å².